The van der Waals surface area contributed by atoms with Crippen LogP contribution in [0.25, 0.3) is 5.69 Å². The van der Waals surface area contributed by atoms with Gasteiger partial charge in [-0.1, -0.05) is 32.0 Å². The van der Waals surface area contributed by atoms with E-state index in [9.17, 15) is 0 Å². The minimum atomic E-state index is 0.446. The maximum absolute atomic E-state index is 4.63. The molecule has 0 saturated carbocycles. The molecule has 1 aromatic carbocycles. The minimum Gasteiger partial charge on any atom is -0.350 e. The van der Waals surface area contributed by atoms with Gasteiger partial charge in [0.1, 0.15) is 11.3 Å². The first-order chi connectivity index (χ1) is 12.7. The van der Waals surface area contributed by atoms with Crippen molar-refractivity contribution in [1.29, 1.82) is 0 Å². The highest BCUT2D eigenvalue weighted by Crippen LogP contribution is 2.17. The Labute approximate surface area is 157 Å². The molecule has 7 nitrogen and oxygen atoms in total. The standard InChI is InChI=1S/C18H23N7S/c1-13(2)15-11-26-17(23-15)10-21-18(19-3)20-9-16-24-22-12-25(16)14-7-5-4-6-8-14/h4-8,11-13H,9-10H2,1-3H3,(H2,19,20,21). The third kappa shape index (κ3) is 4.45. The molecule has 0 atom stereocenters. The van der Waals surface area contributed by atoms with Gasteiger partial charge in [0.2, 0.25) is 0 Å². The van der Waals surface area contributed by atoms with E-state index in [1.807, 2.05) is 34.9 Å². The van der Waals surface area contributed by atoms with Crippen molar-refractivity contribution in [3.63, 3.8) is 0 Å². The lowest BCUT2D eigenvalue weighted by Gasteiger charge is -2.11. The van der Waals surface area contributed by atoms with Crippen LogP contribution in [0.15, 0.2) is 47.0 Å². The van der Waals surface area contributed by atoms with Crippen molar-refractivity contribution >= 4 is 17.3 Å². The number of thiazole rings is 1. The number of para-hydroxylation sites is 1. The smallest absolute Gasteiger partial charge is 0.191 e. The average molecular weight is 369 g/mol. The third-order valence-corrected chi connectivity index (χ3v) is 4.73. The van der Waals surface area contributed by atoms with Crippen LogP contribution in [0.4, 0.5) is 0 Å². The van der Waals surface area contributed by atoms with Crippen molar-refractivity contribution in [2.75, 3.05) is 7.05 Å². The van der Waals surface area contributed by atoms with Gasteiger partial charge < -0.3 is 10.6 Å². The number of hydrogen-bond acceptors (Lipinski definition) is 5. The van der Waals surface area contributed by atoms with E-state index in [1.54, 1.807) is 24.7 Å². The molecule has 26 heavy (non-hydrogen) atoms. The maximum Gasteiger partial charge on any atom is 0.191 e. The van der Waals surface area contributed by atoms with Crippen LogP contribution in [0.3, 0.4) is 0 Å². The summed E-state index contributed by atoms with van der Waals surface area (Å²) in [6, 6.07) is 10.0. The summed E-state index contributed by atoms with van der Waals surface area (Å²) < 4.78 is 1.95. The van der Waals surface area contributed by atoms with Crippen molar-refractivity contribution < 1.29 is 0 Å². The van der Waals surface area contributed by atoms with Gasteiger partial charge in [-0.05, 0) is 18.1 Å². The summed E-state index contributed by atoms with van der Waals surface area (Å²) in [7, 11) is 1.75. The SMILES string of the molecule is CN=C(NCc1nc(C(C)C)cs1)NCc1nncn1-c1ccccc1. The number of aromatic nitrogens is 4. The third-order valence-electron chi connectivity index (χ3n) is 3.86. The zero-order valence-corrected chi connectivity index (χ0v) is 16.0. The lowest BCUT2D eigenvalue weighted by atomic mass is 10.2. The second kappa shape index (κ2) is 8.57. The van der Waals surface area contributed by atoms with Crippen LogP contribution in [0, 0.1) is 0 Å². The van der Waals surface area contributed by atoms with Gasteiger partial charge in [-0.3, -0.25) is 9.56 Å². The zero-order valence-electron chi connectivity index (χ0n) is 15.2. The fourth-order valence-corrected chi connectivity index (χ4v) is 3.29. The number of hydrogen-bond donors (Lipinski definition) is 2. The predicted octanol–water partition coefficient (Wildman–Crippen LogP) is 2.71. The zero-order chi connectivity index (χ0) is 18.4. The van der Waals surface area contributed by atoms with E-state index in [4.69, 9.17) is 0 Å². The van der Waals surface area contributed by atoms with Gasteiger partial charge in [-0.25, -0.2) is 4.98 Å². The molecule has 0 amide bonds. The van der Waals surface area contributed by atoms with E-state index < -0.39 is 0 Å². The Balaban J connectivity index is 1.57. The highest BCUT2D eigenvalue weighted by atomic mass is 32.1. The van der Waals surface area contributed by atoms with Gasteiger partial charge in [0.25, 0.3) is 0 Å². The first-order valence-corrected chi connectivity index (χ1v) is 9.38. The number of nitrogens with zero attached hydrogens (tertiary/aromatic N) is 5. The Morgan fingerprint density at radius 3 is 2.65 bits per heavy atom. The molecule has 0 radical (unpaired) electrons. The largest absolute Gasteiger partial charge is 0.350 e. The van der Waals surface area contributed by atoms with Crippen molar-refractivity contribution in [3.8, 4) is 5.69 Å². The number of guanidine groups is 1. The molecular formula is C18H23N7S. The highest BCUT2D eigenvalue weighted by Gasteiger charge is 2.09. The van der Waals surface area contributed by atoms with Crippen LogP contribution < -0.4 is 10.6 Å². The van der Waals surface area contributed by atoms with E-state index >= 15 is 0 Å². The molecule has 0 unspecified atom stereocenters. The number of benzene rings is 1. The first-order valence-electron chi connectivity index (χ1n) is 8.50. The van der Waals surface area contributed by atoms with E-state index in [1.165, 1.54) is 0 Å². The molecule has 0 bridgehead atoms. The summed E-state index contributed by atoms with van der Waals surface area (Å²) in [5.74, 6) is 1.96. The summed E-state index contributed by atoms with van der Waals surface area (Å²) in [6.07, 6.45) is 1.71. The van der Waals surface area contributed by atoms with E-state index in [2.05, 4.69) is 50.0 Å². The summed E-state index contributed by atoms with van der Waals surface area (Å²) in [5.41, 5.74) is 2.16. The molecule has 0 spiro atoms. The molecule has 2 N–H and O–H groups in total. The van der Waals surface area contributed by atoms with Gasteiger partial charge >= 0.3 is 0 Å². The van der Waals surface area contributed by atoms with Gasteiger partial charge in [-0.15, -0.1) is 21.5 Å². The van der Waals surface area contributed by atoms with Crippen LogP contribution in [0.5, 0.6) is 0 Å². The molecule has 0 aliphatic carbocycles. The Hall–Kier alpha value is -2.74. The summed E-state index contributed by atoms with van der Waals surface area (Å²) in [4.78, 5) is 8.89. The Morgan fingerprint density at radius 2 is 1.96 bits per heavy atom. The Morgan fingerprint density at radius 1 is 1.19 bits per heavy atom. The summed E-state index contributed by atoms with van der Waals surface area (Å²) >= 11 is 1.66. The molecule has 136 valence electrons. The van der Waals surface area contributed by atoms with Crippen LogP contribution >= 0.6 is 11.3 Å². The summed E-state index contributed by atoms with van der Waals surface area (Å²) in [6.45, 7) is 5.46. The second-order valence-corrected chi connectivity index (χ2v) is 7.00. The van der Waals surface area contributed by atoms with E-state index in [-0.39, 0.29) is 0 Å². The van der Waals surface area contributed by atoms with Crippen molar-refractivity contribution in [3.05, 3.63) is 58.6 Å². The number of nitrogens with one attached hydrogen (secondary N) is 2. The predicted molar refractivity (Wildman–Crippen MR) is 105 cm³/mol. The monoisotopic (exact) mass is 369 g/mol. The summed E-state index contributed by atoms with van der Waals surface area (Å²) in [5, 5.41) is 17.9. The Bertz CT molecular complexity index is 851. The van der Waals surface area contributed by atoms with E-state index in [0.717, 1.165) is 22.2 Å². The van der Waals surface area contributed by atoms with Crippen LogP contribution in [-0.2, 0) is 13.1 Å². The van der Waals surface area contributed by atoms with Gasteiger partial charge in [-0.2, -0.15) is 0 Å². The molecule has 8 heteroatoms. The molecule has 0 saturated heterocycles. The fourth-order valence-electron chi connectivity index (χ4n) is 2.40. The maximum atomic E-state index is 4.63. The highest BCUT2D eigenvalue weighted by molar-refractivity contribution is 7.09. The van der Waals surface area contributed by atoms with Gasteiger partial charge in [0, 0.05) is 18.1 Å². The second-order valence-electron chi connectivity index (χ2n) is 6.05. The lowest BCUT2D eigenvalue weighted by molar-refractivity contribution is 0.748. The van der Waals surface area contributed by atoms with Crippen LogP contribution in [0.1, 0.15) is 36.3 Å². The fraction of sp³-hybridized carbons (Fsp3) is 0.333. The molecule has 2 heterocycles. The Kier molecular flexibility index (Phi) is 5.96. The number of rotatable bonds is 6. The first kappa shape index (κ1) is 18.1. The van der Waals surface area contributed by atoms with Crippen molar-refractivity contribution in [2.24, 2.45) is 4.99 Å². The molecule has 3 aromatic rings. The molecule has 0 aliphatic rings. The average Bonchev–Trinajstić information content (AvgIpc) is 3.32. The van der Waals surface area contributed by atoms with Crippen LogP contribution in [-0.4, -0.2) is 32.8 Å². The normalized spacial score (nSPS) is 11.8. The lowest BCUT2D eigenvalue weighted by Crippen LogP contribution is -2.36. The number of aliphatic imine (C=N–C) groups is 1. The topological polar surface area (TPSA) is 80.0 Å². The van der Waals surface area contributed by atoms with Crippen molar-refractivity contribution in [1.82, 2.24) is 30.4 Å². The van der Waals surface area contributed by atoms with E-state index in [0.29, 0.717) is 25.0 Å². The minimum absolute atomic E-state index is 0.446. The molecule has 2 aromatic heterocycles. The molecule has 0 aliphatic heterocycles. The van der Waals surface area contributed by atoms with Gasteiger partial charge in [0.05, 0.1) is 18.8 Å². The van der Waals surface area contributed by atoms with Crippen LogP contribution in [0.2, 0.25) is 0 Å². The molecule has 0 fully saturated rings. The quantitative estimate of drug-likeness (QED) is 0.516. The molecule has 3 rings (SSSR count). The van der Waals surface area contributed by atoms with Gasteiger partial charge in [0.15, 0.2) is 11.8 Å². The molecular weight excluding hydrogens is 346 g/mol. The van der Waals surface area contributed by atoms with Crippen molar-refractivity contribution in [2.45, 2.75) is 32.9 Å².